The van der Waals surface area contributed by atoms with Crippen LogP contribution < -0.4 is 14.8 Å². The molecule has 0 spiro atoms. The first-order valence-electron chi connectivity index (χ1n) is 7.70. The molecule has 1 aromatic carbocycles. The van der Waals surface area contributed by atoms with E-state index < -0.39 is 5.54 Å². The molecular formula is C17H25NO3. The highest BCUT2D eigenvalue weighted by atomic mass is 16.6. The molecule has 0 saturated carbocycles. The quantitative estimate of drug-likeness (QED) is 0.906. The lowest BCUT2D eigenvalue weighted by Gasteiger charge is -2.30. The Kier molecular flexibility index (Phi) is 4.76. The Hall–Kier alpha value is -1.71. The van der Waals surface area contributed by atoms with E-state index in [4.69, 9.17) is 9.47 Å². The van der Waals surface area contributed by atoms with Crippen LogP contribution in [0.15, 0.2) is 18.2 Å². The van der Waals surface area contributed by atoms with Crippen molar-refractivity contribution in [3.63, 3.8) is 0 Å². The zero-order valence-corrected chi connectivity index (χ0v) is 13.4. The van der Waals surface area contributed by atoms with Gasteiger partial charge < -0.3 is 14.8 Å². The fourth-order valence-corrected chi connectivity index (χ4v) is 2.57. The fraction of sp³-hybridized carbons (Fsp3) is 0.588. The summed E-state index contributed by atoms with van der Waals surface area (Å²) in [6, 6.07) is 5.86. The number of hydrogen-bond donors (Lipinski definition) is 1. The second-order valence-corrected chi connectivity index (χ2v) is 5.99. The predicted octanol–water partition coefficient (Wildman–Crippen LogP) is 3.25. The van der Waals surface area contributed by atoms with E-state index in [0.29, 0.717) is 13.2 Å². The summed E-state index contributed by atoms with van der Waals surface area (Å²) < 4.78 is 11.1. The van der Waals surface area contributed by atoms with Gasteiger partial charge in [-0.05, 0) is 44.4 Å². The third-order valence-corrected chi connectivity index (χ3v) is 4.06. The van der Waals surface area contributed by atoms with Gasteiger partial charge in [0, 0.05) is 5.92 Å². The summed E-state index contributed by atoms with van der Waals surface area (Å²) in [7, 11) is 0. The van der Waals surface area contributed by atoms with E-state index in [-0.39, 0.29) is 11.8 Å². The number of amides is 1. The van der Waals surface area contributed by atoms with Crippen molar-refractivity contribution >= 4 is 5.91 Å². The maximum Gasteiger partial charge on any atom is 0.223 e. The first-order chi connectivity index (χ1) is 9.97. The predicted molar refractivity (Wildman–Crippen MR) is 82.7 cm³/mol. The molecular weight excluding hydrogens is 266 g/mol. The van der Waals surface area contributed by atoms with Gasteiger partial charge in [-0.2, -0.15) is 0 Å². The SMILES string of the molecule is CCC(CC)C(=O)NC(C)(C)c1ccc2c(c1)OCCO2. The van der Waals surface area contributed by atoms with Crippen molar-refractivity contribution in [1.29, 1.82) is 0 Å². The number of carbonyl (C=O) groups is 1. The van der Waals surface area contributed by atoms with Gasteiger partial charge in [0.05, 0.1) is 5.54 Å². The molecule has 2 rings (SSSR count). The first-order valence-corrected chi connectivity index (χ1v) is 7.70. The number of fused-ring (bicyclic) bond motifs is 1. The van der Waals surface area contributed by atoms with E-state index >= 15 is 0 Å². The summed E-state index contributed by atoms with van der Waals surface area (Å²) in [6.45, 7) is 9.27. The van der Waals surface area contributed by atoms with E-state index in [1.165, 1.54) is 0 Å². The average Bonchev–Trinajstić information content (AvgIpc) is 2.47. The molecule has 1 amide bonds. The van der Waals surface area contributed by atoms with E-state index in [1.807, 2.05) is 45.9 Å². The van der Waals surface area contributed by atoms with Crippen LogP contribution in [0.25, 0.3) is 0 Å². The van der Waals surface area contributed by atoms with Gasteiger partial charge in [0.2, 0.25) is 5.91 Å². The monoisotopic (exact) mass is 291 g/mol. The molecule has 0 atom stereocenters. The van der Waals surface area contributed by atoms with Crippen molar-refractivity contribution in [3.8, 4) is 11.5 Å². The lowest BCUT2D eigenvalue weighted by molar-refractivity contribution is -0.126. The summed E-state index contributed by atoms with van der Waals surface area (Å²) in [4.78, 5) is 12.3. The summed E-state index contributed by atoms with van der Waals surface area (Å²) in [6.07, 6.45) is 1.72. The Labute approximate surface area is 126 Å². The van der Waals surface area contributed by atoms with Crippen molar-refractivity contribution in [1.82, 2.24) is 5.32 Å². The maximum atomic E-state index is 12.3. The highest BCUT2D eigenvalue weighted by Gasteiger charge is 2.27. The molecule has 1 heterocycles. The molecule has 0 aliphatic carbocycles. The van der Waals surface area contributed by atoms with E-state index in [0.717, 1.165) is 29.9 Å². The van der Waals surface area contributed by atoms with Crippen molar-refractivity contribution in [2.75, 3.05) is 13.2 Å². The van der Waals surface area contributed by atoms with Gasteiger partial charge in [0.1, 0.15) is 13.2 Å². The topological polar surface area (TPSA) is 47.6 Å². The molecule has 21 heavy (non-hydrogen) atoms. The summed E-state index contributed by atoms with van der Waals surface area (Å²) in [5.41, 5.74) is 0.584. The molecule has 0 fully saturated rings. The molecule has 0 unspecified atom stereocenters. The molecule has 0 aromatic heterocycles. The minimum atomic E-state index is -0.435. The van der Waals surface area contributed by atoms with Crippen LogP contribution in [0.2, 0.25) is 0 Å². The number of carbonyl (C=O) groups excluding carboxylic acids is 1. The average molecular weight is 291 g/mol. The fourth-order valence-electron chi connectivity index (χ4n) is 2.57. The molecule has 1 aromatic rings. The van der Waals surface area contributed by atoms with Crippen LogP contribution in [0.5, 0.6) is 11.5 Å². The molecule has 1 aliphatic heterocycles. The Morgan fingerprint density at radius 2 is 1.81 bits per heavy atom. The van der Waals surface area contributed by atoms with Gasteiger partial charge in [-0.25, -0.2) is 0 Å². The zero-order valence-electron chi connectivity index (χ0n) is 13.4. The third kappa shape index (κ3) is 3.49. The Bertz CT molecular complexity index is 507. The molecule has 0 bridgehead atoms. The number of hydrogen-bond acceptors (Lipinski definition) is 3. The number of ether oxygens (including phenoxy) is 2. The number of benzene rings is 1. The largest absolute Gasteiger partial charge is 0.486 e. The second-order valence-electron chi connectivity index (χ2n) is 5.99. The van der Waals surface area contributed by atoms with Crippen LogP contribution in [0, 0.1) is 5.92 Å². The third-order valence-electron chi connectivity index (χ3n) is 4.06. The van der Waals surface area contributed by atoms with Gasteiger partial charge in [-0.15, -0.1) is 0 Å². The summed E-state index contributed by atoms with van der Waals surface area (Å²) >= 11 is 0. The van der Waals surface area contributed by atoms with Crippen molar-refractivity contribution in [2.24, 2.45) is 5.92 Å². The van der Waals surface area contributed by atoms with Gasteiger partial charge in [-0.1, -0.05) is 19.9 Å². The molecule has 4 heteroatoms. The lowest BCUT2D eigenvalue weighted by atomic mass is 9.92. The molecule has 0 saturated heterocycles. The van der Waals surface area contributed by atoms with Crippen molar-refractivity contribution in [3.05, 3.63) is 23.8 Å². The molecule has 1 N–H and O–H groups in total. The van der Waals surface area contributed by atoms with Crippen LogP contribution in [0.4, 0.5) is 0 Å². The molecule has 1 aliphatic rings. The summed E-state index contributed by atoms with van der Waals surface area (Å²) in [5, 5.41) is 3.15. The minimum Gasteiger partial charge on any atom is -0.486 e. The highest BCUT2D eigenvalue weighted by Crippen LogP contribution is 2.34. The van der Waals surface area contributed by atoms with Gasteiger partial charge in [0.15, 0.2) is 11.5 Å². The van der Waals surface area contributed by atoms with Gasteiger partial charge >= 0.3 is 0 Å². The van der Waals surface area contributed by atoms with Crippen LogP contribution in [0.1, 0.15) is 46.1 Å². The smallest absolute Gasteiger partial charge is 0.223 e. The Balaban J connectivity index is 2.17. The number of rotatable bonds is 5. The van der Waals surface area contributed by atoms with Crippen LogP contribution in [0.3, 0.4) is 0 Å². The first kappa shape index (κ1) is 15.7. The Morgan fingerprint density at radius 3 is 2.43 bits per heavy atom. The Morgan fingerprint density at radius 1 is 1.19 bits per heavy atom. The maximum absolute atomic E-state index is 12.3. The normalized spacial score (nSPS) is 14.1. The van der Waals surface area contributed by atoms with Gasteiger partial charge in [-0.3, -0.25) is 4.79 Å². The molecule has 0 radical (unpaired) electrons. The molecule has 116 valence electrons. The van der Waals surface area contributed by atoms with Crippen LogP contribution in [-0.4, -0.2) is 19.1 Å². The second kappa shape index (κ2) is 6.37. The molecule has 4 nitrogen and oxygen atoms in total. The van der Waals surface area contributed by atoms with Crippen LogP contribution >= 0.6 is 0 Å². The van der Waals surface area contributed by atoms with E-state index in [2.05, 4.69) is 5.32 Å². The minimum absolute atomic E-state index is 0.0708. The number of nitrogens with one attached hydrogen (secondary N) is 1. The van der Waals surface area contributed by atoms with Gasteiger partial charge in [0.25, 0.3) is 0 Å². The zero-order chi connectivity index (χ0) is 15.5. The van der Waals surface area contributed by atoms with Crippen molar-refractivity contribution in [2.45, 2.75) is 46.1 Å². The highest BCUT2D eigenvalue weighted by molar-refractivity contribution is 5.79. The van der Waals surface area contributed by atoms with Crippen LogP contribution in [-0.2, 0) is 10.3 Å². The standard InChI is InChI=1S/C17H25NO3/c1-5-12(6-2)16(19)18-17(3,4)13-7-8-14-15(11-13)21-10-9-20-14/h7-8,11-12H,5-6,9-10H2,1-4H3,(H,18,19). The summed E-state index contributed by atoms with van der Waals surface area (Å²) in [5.74, 6) is 1.71. The van der Waals surface area contributed by atoms with Crippen molar-refractivity contribution < 1.29 is 14.3 Å². The van der Waals surface area contributed by atoms with E-state index in [9.17, 15) is 4.79 Å². The van der Waals surface area contributed by atoms with E-state index in [1.54, 1.807) is 0 Å². The lowest BCUT2D eigenvalue weighted by Crippen LogP contribution is -2.43.